The predicted molar refractivity (Wildman–Crippen MR) is 103 cm³/mol. The molecule has 1 atom stereocenters. The minimum atomic E-state index is -3.10. The second-order valence-corrected chi connectivity index (χ2v) is 9.80. The van der Waals surface area contributed by atoms with Crippen LogP contribution in [0.15, 0.2) is 24.8 Å². The maximum Gasteiger partial charge on any atom is 0.229 e. The van der Waals surface area contributed by atoms with Crippen molar-refractivity contribution in [2.45, 2.75) is 31.1 Å². The molecule has 1 aliphatic carbocycles. The third kappa shape index (κ3) is 3.24. The summed E-state index contributed by atoms with van der Waals surface area (Å²) in [5.41, 5.74) is 1.55. The van der Waals surface area contributed by atoms with Crippen LogP contribution in [0.2, 0.25) is 0 Å². The maximum atomic E-state index is 12.4. The number of anilines is 2. The Hall–Kier alpha value is -2.53. The highest BCUT2D eigenvalue weighted by atomic mass is 32.2. The fourth-order valence-corrected chi connectivity index (χ4v) is 5.61. The van der Waals surface area contributed by atoms with Crippen molar-refractivity contribution in [3.8, 4) is 0 Å². The van der Waals surface area contributed by atoms with Crippen molar-refractivity contribution in [3.63, 3.8) is 0 Å². The van der Waals surface area contributed by atoms with Crippen LogP contribution >= 0.6 is 0 Å². The Morgan fingerprint density at radius 2 is 2.04 bits per heavy atom. The average molecular weight is 402 g/mol. The lowest BCUT2D eigenvalue weighted by molar-refractivity contribution is 0.417. The van der Waals surface area contributed by atoms with E-state index in [2.05, 4.69) is 25.5 Å². The summed E-state index contributed by atoms with van der Waals surface area (Å²) in [4.78, 5) is 8.92. The van der Waals surface area contributed by atoms with E-state index in [4.69, 9.17) is 0 Å². The summed E-state index contributed by atoms with van der Waals surface area (Å²) in [6.07, 6.45) is 9.49. The smallest absolute Gasteiger partial charge is 0.229 e. The van der Waals surface area contributed by atoms with Crippen LogP contribution in [-0.4, -0.2) is 60.6 Å². The van der Waals surface area contributed by atoms with Gasteiger partial charge in [0.1, 0.15) is 0 Å². The predicted octanol–water partition coefficient (Wildman–Crippen LogP) is 1.12. The first-order valence-electron chi connectivity index (χ1n) is 9.42. The third-order valence-electron chi connectivity index (χ3n) is 5.32. The van der Waals surface area contributed by atoms with Crippen molar-refractivity contribution in [2.24, 2.45) is 13.0 Å². The minimum Gasteiger partial charge on any atom is -0.321 e. The van der Waals surface area contributed by atoms with E-state index in [1.807, 2.05) is 17.9 Å². The molecule has 1 saturated carbocycles. The highest BCUT2D eigenvalue weighted by molar-refractivity contribution is 7.90. The lowest BCUT2D eigenvalue weighted by atomic mass is 10.1. The van der Waals surface area contributed by atoms with Crippen LogP contribution in [0.1, 0.15) is 19.3 Å². The SMILES string of the molecule is Cn1cc(Nc2ncc3cnn(CC4CCN(S(=O)(=O)C5CC5)C4)c3n2)cn1. The molecule has 0 spiro atoms. The quantitative estimate of drug-likeness (QED) is 0.658. The second-order valence-electron chi connectivity index (χ2n) is 7.58. The molecule has 0 bridgehead atoms. The molecule has 3 aromatic rings. The van der Waals surface area contributed by atoms with E-state index < -0.39 is 10.0 Å². The summed E-state index contributed by atoms with van der Waals surface area (Å²) in [5.74, 6) is 0.716. The molecule has 1 saturated heterocycles. The first kappa shape index (κ1) is 17.6. The van der Waals surface area contributed by atoms with Gasteiger partial charge in [-0.3, -0.25) is 4.68 Å². The molecule has 10 nitrogen and oxygen atoms in total. The molecule has 148 valence electrons. The van der Waals surface area contributed by atoms with Gasteiger partial charge in [0.2, 0.25) is 16.0 Å². The molecule has 0 radical (unpaired) electrons. The van der Waals surface area contributed by atoms with Gasteiger partial charge in [0, 0.05) is 39.1 Å². The van der Waals surface area contributed by atoms with Crippen LogP contribution < -0.4 is 5.32 Å². The topological polar surface area (TPSA) is 111 Å². The third-order valence-corrected chi connectivity index (χ3v) is 7.69. The van der Waals surface area contributed by atoms with E-state index in [1.54, 1.807) is 27.6 Å². The molecule has 4 heterocycles. The zero-order valence-corrected chi connectivity index (χ0v) is 16.4. The summed E-state index contributed by atoms with van der Waals surface area (Å²) >= 11 is 0. The lowest BCUT2D eigenvalue weighted by Crippen LogP contribution is -2.32. The van der Waals surface area contributed by atoms with Crippen LogP contribution in [0.5, 0.6) is 0 Å². The number of aryl methyl sites for hydroxylation is 1. The number of rotatable bonds is 6. The van der Waals surface area contributed by atoms with Crippen molar-refractivity contribution < 1.29 is 8.42 Å². The van der Waals surface area contributed by atoms with Crippen molar-refractivity contribution in [2.75, 3.05) is 18.4 Å². The Bertz CT molecular complexity index is 1120. The molecule has 2 aliphatic rings. The normalized spacial score (nSPS) is 20.8. The van der Waals surface area contributed by atoms with Gasteiger partial charge in [0.15, 0.2) is 5.65 Å². The average Bonchev–Trinajstić information content (AvgIpc) is 3.11. The fourth-order valence-electron chi connectivity index (χ4n) is 3.67. The number of aromatic nitrogens is 6. The molecular weight excluding hydrogens is 380 g/mol. The van der Waals surface area contributed by atoms with Crippen LogP contribution in [0.25, 0.3) is 11.0 Å². The molecule has 0 aromatic carbocycles. The largest absolute Gasteiger partial charge is 0.321 e. The van der Waals surface area contributed by atoms with Crippen LogP contribution in [0, 0.1) is 5.92 Å². The van der Waals surface area contributed by atoms with Crippen molar-refractivity contribution >= 4 is 32.7 Å². The van der Waals surface area contributed by atoms with Crippen molar-refractivity contribution in [1.29, 1.82) is 0 Å². The molecule has 28 heavy (non-hydrogen) atoms. The molecule has 11 heteroatoms. The Morgan fingerprint density at radius 1 is 1.18 bits per heavy atom. The van der Waals surface area contributed by atoms with Crippen LogP contribution in [-0.2, 0) is 23.6 Å². The summed E-state index contributed by atoms with van der Waals surface area (Å²) in [5, 5.41) is 12.4. The van der Waals surface area contributed by atoms with Gasteiger partial charge in [-0.2, -0.15) is 15.2 Å². The van der Waals surface area contributed by atoms with E-state index >= 15 is 0 Å². The first-order chi connectivity index (χ1) is 13.5. The summed E-state index contributed by atoms with van der Waals surface area (Å²) in [7, 11) is -1.25. The molecule has 3 aromatic heterocycles. The zero-order valence-electron chi connectivity index (χ0n) is 15.6. The number of fused-ring (bicyclic) bond motifs is 1. The van der Waals surface area contributed by atoms with Crippen molar-refractivity contribution in [1.82, 2.24) is 33.8 Å². The first-order valence-corrected chi connectivity index (χ1v) is 10.9. The number of sulfonamides is 1. The monoisotopic (exact) mass is 402 g/mol. The maximum absolute atomic E-state index is 12.4. The van der Waals surface area contributed by atoms with Crippen LogP contribution in [0.4, 0.5) is 11.6 Å². The molecular formula is C17H22N8O2S. The zero-order chi connectivity index (χ0) is 19.3. The molecule has 1 aliphatic heterocycles. The second kappa shape index (κ2) is 6.52. The van der Waals surface area contributed by atoms with Crippen molar-refractivity contribution in [3.05, 3.63) is 24.8 Å². The van der Waals surface area contributed by atoms with Gasteiger partial charge in [-0.05, 0) is 25.2 Å². The Labute approximate surface area is 162 Å². The Morgan fingerprint density at radius 3 is 2.79 bits per heavy atom. The van der Waals surface area contributed by atoms with E-state index in [9.17, 15) is 8.42 Å². The number of hydrogen-bond acceptors (Lipinski definition) is 7. The summed E-state index contributed by atoms with van der Waals surface area (Å²) in [6.45, 7) is 1.81. The highest BCUT2D eigenvalue weighted by Crippen LogP contribution is 2.34. The number of nitrogens with zero attached hydrogens (tertiary/aromatic N) is 7. The Balaban J connectivity index is 1.32. The molecule has 1 unspecified atom stereocenters. The number of hydrogen-bond donors (Lipinski definition) is 1. The van der Waals surface area contributed by atoms with Gasteiger partial charge in [-0.1, -0.05) is 0 Å². The molecule has 0 amide bonds. The highest BCUT2D eigenvalue weighted by Gasteiger charge is 2.42. The minimum absolute atomic E-state index is 0.148. The van der Waals surface area contributed by atoms with Gasteiger partial charge < -0.3 is 5.32 Å². The van der Waals surface area contributed by atoms with Gasteiger partial charge in [-0.15, -0.1) is 0 Å². The molecule has 2 fully saturated rings. The summed E-state index contributed by atoms with van der Waals surface area (Å²) < 4.78 is 30.1. The van der Waals surface area contributed by atoms with E-state index in [1.165, 1.54) is 0 Å². The standard InChI is InChI=1S/C17H22N8O2S/c1-23-11-14(8-19-23)21-17-18-6-13-7-20-25(16(13)22-17)10-12-4-5-24(9-12)28(26,27)15-2-3-15/h6-8,11-12,15H,2-5,9-10H2,1H3,(H,18,21,22). The molecule has 5 rings (SSSR count). The van der Waals surface area contributed by atoms with Gasteiger partial charge in [-0.25, -0.2) is 22.4 Å². The van der Waals surface area contributed by atoms with Crippen LogP contribution in [0.3, 0.4) is 0 Å². The Kier molecular flexibility index (Phi) is 4.09. The van der Waals surface area contributed by atoms with Gasteiger partial charge >= 0.3 is 0 Å². The lowest BCUT2D eigenvalue weighted by Gasteiger charge is -2.16. The summed E-state index contributed by atoms with van der Waals surface area (Å²) in [6, 6.07) is 0. The number of nitrogens with one attached hydrogen (secondary N) is 1. The van der Waals surface area contributed by atoms with Gasteiger partial charge in [0.25, 0.3) is 0 Å². The van der Waals surface area contributed by atoms with E-state index in [-0.39, 0.29) is 11.2 Å². The fraction of sp³-hybridized carbons (Fsp3) is 0.529. The van der Waals surface area contributed by atoms with E-state index in [0.717, 1.165) is 36.0 Å². The molecule has 1 N–H and O–H groups in total. The van der Waals surface area contributed by atoms with E-state index in [0.29, 0.717) is 25.6 Å². The van der Waals surface area contributed by atoms with Gasteiger partial charge in [0.05, 0.1) is 28.7 Å².